The van der Waals surface area contributed by atoms with Crippen molar-refractivity contribution in [3.05, 3.63) is 59.6 Å². The fourth-order valence-electron chi connectivity index (χ4n) is 1.85. The molecule has 0 aliphatic heterocycles. The minimum Gasteiger partial charge on any atom is -0.472 e. The molecule has 3 N–H and O–H groups in total. The number of hydrogen-bond acceptors (Lipinski definition) is 3. The predicted octanol–water partition coefficient (Wildman–Crippen LogP) is 2.17. The standard InChI is InChI=1S/C13H14F2N2O/c14-12-3-1-2-10(13(12)15)7-11(17-16)6-9-4-5-18-8-9/h1-5,8,11,17H,6-7,16H2. The molecule has 0 saturated carbocycles. The van der Waals surface area contributed by atoms with E-state index >= 15 is 0 Å². The van der Waals surface area contributed by atoms with Crippen LogP contribution >= 0.6 is 0 Å². The minimum absolute atomic E-state index is 0.182. The summed E-state index contributed by atoms with van der Waals surface area (Å²) in [5, 5.41) is 0. The van der Waals surface area contributed by atoms with E-state index in [2.05, 4.69) is 5.43 Å². The first kappa shape index (κ1) is 12.7. The topological polar surface area (TPSA) is 51.2 Å². The zero-order valence-electron chi connectivity index (χ0n) is 9.70. The summed E-state index contributed by atoms with van der Waals surface area (Å²) in [5.74, 6) is 3.77. The van der Waals surface area contributed by atoms with Crippen molar-refractivity contribution < 1.29 is 13.2 Å². The van der Waals surface area contributed by atoms with Gasteiger partial charge in [0.05, 0.1) is 12.5 Å². The highest BCUT2D eigenvalue weighted by atomic mass is 19.2. The molecule has 0 amide bonds. The van der Waals surface area contributed by atoms with Crippen LogP contribution in [0.2, 0.25) is 0 Å². The maximum Gasteiger partial charge on any atom is 0.162 e. The van der Waals surface area contributed by atoms with Crippen LogP contribution in [0.1, 0.15) is 11.1 Å². The summed E-state index contributed by atoms with van der Waals surface area (Å²) in [6.45, 7) is 0. The number of benzene rings is 1. The van der Waals surface area contributed by atoms with Gasteiger partial charge in [0.25, 0.3) is 0 Å². The lowest BCUT2D eigenvalue weighted by atomic mass is 10.0. The monoisotopic (exact) mass is 252 g/mol. The highest BCUT2D eigenvalue weighted by molar-refractivity contribution is 5.21. The first-order valence-corrected chi connectivity index (χ1v) is 5.61. The SMILES string of the molecule is NNC(Cc1ccoc1)Cc1cccc(F)c1F. The summed E-state index contributed by atoms with van der Waals surface area (Å²) in [6.07, 6.45) is 4.06. The Morgan fingerprint density at radius 2 is 2.06 bits per heavy atom. The van der Waals surface area contributed by atoms with Crippen LogP contribution in [0.25, 0.3) is 0 Å². The molecule has 0 saturated heterocycles. The second-order valence-corrected chi connectivity index (χ2v) is 4.12. The molecule has 0 bridgehead atoms. The number of rotatable bonds is 5. The van der Waals surface area contributed by atoms with Gasteiger partial charge < -0.3 is 4.42 Å². The smallest absolute Gasteiger partial charge is 0.162 e. The molecule has 0 aliphatic rings. The van der Waals surface area contributed by atoms with Crippen molar-refractivity contribution in [1.82, 2.24) is 5.43 Å². The van der Waals surface area contributed by atoms with Crippen LogP contribution in [0.15, 0.2) is 41.2 Å². The summed E-state index contributed by atoms with van der Waals surface area (Å²) < 4.78 is 31.5. The fraction of sp³-hybridized carbons (Fsp3) is 0.231. The fourth-order valence-corrected chi connectivity index (χ4v) is 1.85. The summed E-state index contributed by atoms with van der Waals surface area (Å²) in [4.78, 5) is 0. The summed E-state index contributed by atoms with van der Waals surface area (Å²) in [5.41, 5.74) is 3.87. The van der Waals surface area contributed by atoms with Gasteiger partial charge in [-0.1, -0.05) is 12.1 Å². The number of nitrogens with two attached hydrogens (primary N) is 1. The van der Waals surface area contributed by atoms with Crippen molar-refractivity contribution in [2.24, 2.45) is 5.84 Å². The van der Waals surface area contributed by atoms with Gasteiger partial charge in [-0.25, -0.2) is 8.78 Å². The number of nitrogens with one attached hydrogen (secondary N) is 1. The lowest BCUT2D eigenvalue weighted by molar-refractivity contribution is 0.472. The van der Waals surface area contributed by atoms with Gasteiger partial charge in [0.2, 0.25) is 0 Å². The molecule has 1 aromatic heterocycles. The maximum absolute atomic E-state index is 13.5. The first-order valence-electron chi connectivity index (χ1n) is 5.61. The average molecular weight is 252 g/mol. The molecule has 96 valence electrons. The Morgan fingerprint density at radius 1 is 1.22 bits per heavy atom. The summed E-state index contributed by atoms with van der Waals surface area (Å²) in [6, 6.07) is 5.77. The first-order chi connectivity index (χ1) is 8.70. The molecule has 1 atom stereocenters. The highest BCUT2D eigenvalue weighted by Gasteiger charge is 2.14. The van der Waals surface area contributed by atoms with Gasteiger partial charge >= 0.3 is 0 Å². The van der Waals surface area contributed by atoms with Crippen molar-refractivity contribution in [3.8, 4) is 0 Å². The van der Waals surface area contributed by atoms with E-state index in [0.29, 0.717) is 18.4 Å². The molecule has 3 nitrogen and oxygen atoms in total. The average Bonchev–Trinajstić information content (AvgIpc) is 2.86. The number of furan rings is 1. The van der Waals surface area contributed by atoms with E-state index in [9.17, 15) is 8.78 Å². The molecule has 2 rings (SSSR count). The number of hydrazine groups is 1. The van der Waals surface area contributed by atoms with Gasteiger partial charge in [-0.15, -0.1) is 0 Å². The van der Waals surface area contributed by atoms with Crippen LogP contribution < -0.4 is 11.3 Å². The van der Waals surface area contributed by atoms with Crippen LogP contribution in [-0.4, -0.2) is 6.04 Å². The van der Waals surface area contributed by atoms with E-state index < -0.39 is 11.6 Å². The van der Waals surface area contributed by atoms with Crippen molar-refractivity contribution in [3.63, 3.8) is 0 Å². The van der Waals surface area contributed by atoms with Gasteiger partial charge in [0.15, 0.2) is 11.6 Å². The molecule has 0 spiro atoms. The molecular formula is C13H14F2N2O. The molecule has 0 radical (unpaired) electrons. The predicted molar refractivity (Wildman–Crippen MR) is 63.6 cm³/mol. The second-order valence-electron chi connectivity index (χ2n) is 4.12. The lowest BCUT2D eigenvalue weighted by Crippen LogP contribution is -2.38. The molecular weight excluding hydrogens is 238 g/mol. The molecule has 1 aromatic carbocycles. The van der Waals surface area contributed by atoms with Crippen LogP contribution in [0.5, 0.6) is 0 Å². The third-order valence-electron chi connectivity index (χ3n) is 2.80. The van der Waals surface area contributed by atoms with Crippen LogP contribution in [0, 0.1) is 11.6 Å². The molecule has 0 aliphatic carbocycles. The minimum atomic E-state index is -0.841. The molecule has 5 heteroatoms. The number of halogens is 2. The van der Waals surface area contributed by atoms with E-state index in [0.717, 1.165) is 11.6 Å². The van der Waals surface area contributed by atoms with Crippen LogP contribution in [0.3, 0.4) is 0 Å². The van der Waals surface area contributed by atoms with E-state index in [1.165, 1.54) is 6.07 Å². The molecule has 0 fully saturated rings. The summed E-state index contributed by atoms with van der Waals surface area (Å²) in [7, 11) is 0. The van der Waals surface area contributed by atoms with Gasteiger partial charge in [0.1, 0.15) is 0 Å². The largest absolute Gasteiger partial charge is 0.472 e. The van der Waals surface area contributed by atoms with Gasteiger partial charge in [0, 0.05) is 6.04 Å². The van der Waals surface area contributed by atoms with E-state index in [4.69, 9.17) is 10.3 Å². The molecule has 1 unspecified atom stereocenters. The molecule has 18 heavy (non-hydrogen) atoms. The van der Waals surface area contributed by atoms with Crippen molar-refractivity contribution in [2.75, 3.05) is 0 Å². The van der Waals surface area contributed by atoms with Crippen LogP contribution in [-0.2, 0) is 12.8 Å². The lowest BCUT2D eigenvalue weighted by Gasteiger charge is -2.15. The Hall–Kier alpha value is -1.72. The molecule has 2 aromatic rings. The zero-order valence-corrected chi connectivity index (χ0v) is 9.70. The maximum atomic E-state index is 13.5. The van der Waals surface area contributed by atoms with Crippen molar-refractivity contribution in [1.29, 1.82) is 0 Å². The van der Waals surface area contributed by atoms with Crippen LogP contribution in [0.4, 0.5) is 8.78 Å². The third-order valence-corrected chi connectivity index (χ3v) is 2.80. The zero-order chi connectivity index (χ0) is 13.0. The Labute approximate surface area is 104 Å². The Balaban J connectivity index is 2.08. The van der Waals surface area contributed by atoms with E-state index in [-0.39, 0.29) is 6.04 Å². The summed E-state index contributed by atoms with van der Waals surface area (Å²) >= 11 is 0. The second kappa shape index (κ2) is 5.75. The Bertz CT molecular complexity index is 500. The Kier molecular flexibility index (Phi) is 4.07. The Morgan fingerprint density at radius 3 is 2.72 bits per heavy atom. The highest BCUT2D eigenvalue weighted by Crippen LogP contribution is 2.15. The van der Waals surface area contributed by atoms with Crippen molar-refractivity contribution in [2.45, 2.75) is 18.9 Å². The number of hydrogen-bond donors (Lipinski definition) is 2. The normalized spacial score (nSPS) is 12.6. The van der Waals surface area contributed by atoms with Gasteiger partial charge in [-0.3, -0.25) is 11.3 Å². The van der Waals surface area contributed by atoms with E-state index in [1.54, 1.807) is 18.6 Å². The van der Waals surface area contributed by atoms with Crippen molar-refractivity contribution >= 4 is 0 Å². The molecule has 1 heterocycles. The van der Waals surface area contributed by atoms with Gasteiger partial charge in [-0.2, -0.15) is 0 Å². The van der Waals surface area contributed by atoms with Gasteiger partial charge in [-0.05, 0) is 36.1 Å². The van der Waals surface area contributed by atoms with E-state index in [1.807, 2.05) is 6.07 Å². The quantitative estimate of drug-likeness (QED) is 0.633. The third kappa shape index (κ3) is 2.94.